The van der Waals surface area contributed by atoms with E-state index in [-0.39, 0.29) is 17.0 Å². The molecule has 1 atom stereocenters. The number of carbonyl (C=O) groups is 1. The Morgan fingerprint density at radius 2 is 1.81 bits per heavy atom. The topological polar surface area (TPSA) is 26.3 Å². The molecule has 1 rings (SSSR count). The Kier molecular flexibility index (Phi) is 3.71. The van der Waals surface area contributed by atoms with Crippen LogP contribution in [0.5, 0.6) is 0 Å². The van der Waals surface area contributed by atoms with E-state index in [4.69, 9.17) is 4.74 Å². The molecule has 94 valence electrons. The molecule has 0 saturated heterocycles. The minimum Gasteiger partial charge on any atom is -0.458 e. The van der Waals surface area contributed by atoms with E-state index < -0.39 is 0 Å². The molecule has 0 aliphatic heterocycles. The second kappa shape index (κ2) is 4.38. The first kappa shape index (κ1) is 13.5. The number of hydrogen-bond donors (Lipinski definition) is 0. The van der Waals surface area contributed by atoms with Crippen LogP contribution < -0.4 is 0 Å². The van der Waals surface area contributed by atoms with E-state index >= 15 is 0 Å². The number of hydrogen-bond acceptors (Lipinski definition) is 2. The Balaban J connectivity index is 2.73. The van der Waals surface area contributed by atoms with Gasteiger partial charge in [-0.05, 0) is 51.9 Å². The second-order valence-electron chi connectivity index (χ2n) is 6.24. The maximum Gasteiger partial charge on any atom is 0.312 e. The van der Waals surface area contributed by atoms with Crippen LogP contribution in [0.15, 0.2) is 0 Å². The Bertz CT molecular complexity index is 260. The SMILES string of the molecule is CCC(C)(C)C(=O)OC(C)(C(C)C)C1CC1. The van der Waals surface area contributed by atoms with Gasteiger partial charge in [0.15, 0.2) is 0 Å². The van der Waals surface area contributed by atoms with Crippen LogP contribution in [0.2, 0.25) is 0 Å². The summed E-state index contributed by atoms with van der Waals surface area (Å²) in [5.41, 5.74) is -0.617. The van der Waals surface area contributed by atoms with Crippen LogP contribution in [-0.4, -0.2) is 11.6 Å². The lowest BCUT2D eigenvalue weighted by molar-refractivity contribution is -0.176. The summed E-state index contributed by atoms with van der Waals surface area (Å²) < 4.78 is 5.84. The van der Waals surface area contributed by atoms with Gasteiger partial charge in [-0.2, -0.15) is 0 Å². The zero-order chi connectivity index (χ0) is 12.6. The average Bonchev–Trinajstić information content (AvgIpc) is 3.00. The van der Waals surface area contributed by atoms with Gasteiger partial charge < -0.3 is 4.74 Å². The van der Waals surface area contributed by atoms with Crippen molar-refractivity contribution in [1.29, 1.82) is 0 Å². The van der Waals surface area contributed by atoms with Crippen LogP contribution in [0.1, 0.15) is 60.8 Å². The Hall–Kier alpha value is -0.530. The maximum absolute atomic E-state index is 12.1. The van der Waals surface area contributed by atoms with Crippen LogP contribution >= 0.6 is 0 Å². The van der Waals surface area contributed by atoms with E-state index in [0.29, 0.717) is 11.8 Å². The molecule has 1 unspecified atom stereocenters. The lowest BCUT2D eigenvalue weighted by Crippen LogP contribution is -2.43. The normalized spacial score (nSPS) is 20.7. The molecular weight excluding hydrogens is 200 g/mol. The van der Waals surface area contributed by atoms with Gasteiger partial charge in [0.25, 0.3) is 0 Å². The van der Waals surface area contributed by atoms with Gasteiger partial charge in [0.1, 0.15) is 5.60 Å². The van der Waals surface area contributed by atoms with Crippen LogP contribution in [0, 0.1) is 17.3 Å². The third-order valence-corrected chi connectivity index (χ3v) is 4.28. The number of carbonyl (C=O) groups excluding carboxylic acids is 1. The van der Waals surface area contributed by atoms with E-state index in [1.165, 1.54) is 12.8 Å². The first-order chi connectivity index (χ1) is 7.24. The summed E-state index contributed by atoms with van der Waals surface area (Å²) in [6.07, 6.45) is 3.23. The van der Waals surface area contributed by atoms with Crippen LogP contribution in [0.4, 0.5) is 0 Å². The van der Waals surface area contributed by atoms with Crippen molar-refractivity contribution in [2.24, 2.45) is 17.3 Å². The predicted octanol–water partition coefficient (Wildman–Crippen LogP) is 3.79. The first-order valence-corrected chi connectivity index (χ1v) is 6.47. The highest BCUT2D eigenvalue weighted by atomic mass is 16.6. The molecule has 0 radical (unpaired) electrons. The summed E-state index contributed by atoms with van der Waals surface area (Å²) in [6, 6.07) is 0. The number of rotatable bonds is 5. The number of ether oxygens (including phenoxy) is 1. The Labute approximate surface area is 99.8 Å². The fourth-order valence-electron chi connectivity index (χ4n) is 1.81. The quantitative estimate of drug-likeness (QED) is 0.667. The highest BCUT2D eigenvalue weighted by Gasteiger charge is 2.48. The van der Waals surface area contributed by atoms with Crippen molar-refractivity contribution in [2.75, 3.05) is 0 Å². The van der Waals surface area contributed by atoms with Gasteiger partial charge in [-0.3, -0.25) is 4.79 Å². The molecule has 0 aromatic heterocycles. The zero-order valence-corrected chi connectivity index (χ0v) is 11.6. The largest absolute Gasteiger partial charge is 0.458 e. The van der Waals surface area contributed by atoms with E-state index in [1.54, 1.807) is 0 Å². The predicted molar refractivity (Wildman–Crippen MR) is 66.1 cm³/mol. The molecule has 1 saturated carbocycles. The third kappa shape index (κ3) is 2.58. The monoisotopic (exact) mass is 226 g/mol. The van der Waals surface area contributed by atoms with Crippen LogP contribution in [0.25, 0.3) is 0 Å². The van der Waals surface area contributed by atoms with Gasteiger partial charge >= 0.3 is 5.97 Å². The molecule has 16 heavy (non-hydrogen) atoms. The lowest BCUT2D eigenvalue weighted by atomic mass is 9.85. The second-order valence-corrected chi connectivity index (χ2v) is 6.24. The van der Waals surface area contributed by atoms with Crippen molar-refractivity contribution in [3.63, 3.8) is 0 Å². The van der Waals surface area contributed by atoms with Gasteiger partial charge in [0.2, 0.25) is 0 Å². The molecule has 2 nitrogen and oxygen atoms in total. The summed E-state index contributed by atoms with van der Waals surface area (Å²) in [6.45, 7) is 12.3. The molecule has 0 spiro atoms. The molecule has 1 aliphatic rings. The standard InChI is InChI=1S/C14H26O2/c1-7-13(4,5)12(15)16-14(6,10(2)3)11-8-9-11/h10-11H,7-9H2,1-6H3. The molecular formula is C14H26O2. The van der Waals surface area contributed by atoms with E-state index in [2.05, 4.69) is 20.8 Å². The fourth-order valence-corrected chi connectivity index (χ4v) is 1.81. The van der Waals surface area contributed by atoms with Crippen molar-refractivity contribution >= 4 is 5.97 Å². The summed E-state index contributed by atoms with van der Waals surface area (Å²) in [5.74, 6) is 0.916. The first-order valence-electron chi connectivity index (χ1n) is 6.47. The molecule has 2 heteroatoms. The molecule has 0 amide bonds. The molecule has 1 fully saturated rings. The van der Waals surface area contributed by atoms with Crippen molar-refractivity contribution in [3.05, 3.63) is 0 Å². The van der Waals surface area contributed by atoms with Crippen LogP contribution in [0.3, 0.4) is 0 Å². The smallest absolute Gasteiger partial charge is 0.312 e. The van der Waals surface area contributed by atoms with E-state index in [1.807, 2.05) is 20.8 Å². The number of esters is 1. The van der Waals surface area contributed by atoms with Gasteiger partial charge in [-0.15, -0.1) is 0 Å². The summed E-state index contributed by atoms with van der Waals surface area (Å²) >= 11 is 0. The van der Waals surface area contributed by atoms with Gasteiger partial charge in [0, 0.05) is 0 Å². The minimum absolute atomic E-state index is 0.0434. The highest BCUT2D eigenvalue weighted by molar-refractivity contribution is 5.76. The average molecular weight is 226 g/mol. The lowest BCUT2D eigenvalue weighted by Gasteiger charge is -2.36. The Morgan fingerprint density at radius 1 is 1.31 bits per heavy atom. The molecule has 1 aliphatic carbocycles. The summed E-state index contributed by atoms with van der Waals surface area (Å²) in [5, 5.41) is 0. The minimum atomic E-state index is -0.356. The van der Waals surface area contributed by atoms with Crippen molar-refractivity contribution in [1.82, 2.24) is 0 Å². The van der Waals surface area contributed by atoms with Crippen molar-refractivity contribution < 1.29 is 9.53 Å². The maximum atomic E-state index is 12.1. The Morgan fingerprint density at radius 3 is 2.12 bits per heavy atom. The fraction of sp³-hybridized carbons (Fsp3) is 0.929. The van der Waals surface area contributed by atoms with Crippen LogP contribution in [-0.2, 0) is 9.53 Å². The molecule has 0 aromatic rings. The molecule has 0 heterocycles. The van der Waals surface area contributed by atoms with Gasteiger partial charge in [0.05, 0.1) is 5.41 Å². The van der Waals surface area contributed by atoms with E-state index in [9.17, 15) is 4.79 Å². The summed E-state index contributed by atoms with van der Waals surface area (Å²) in [7, 11) is 0. The zero-order valence-electron chi connectivity index (χ0n) is 11.6. The molecule has 0 N–H and O–H groups in total. The van der Waals surface area contributed by atoms with Gasteiger partial charge in [-0.25, -0.2) is 0 Å². The van der Waals surface area contributed by atoms with Crippen molar-refractivity contribution in [2.45, 2.75) is 66.4 Å². The summed E-state index contributed by atoms with van der Waals surface area (Å²) in [4.78, 5) is 12.1. The molecule has 0 aromatic carbocycles. The highest BCUT2D eigenvalue weighted by Crippen LogP contribution is 2.46. The van der Waals surface area contributed by atoms with Gasteiger partial charge in [-0.1, -0.05) is 20.8 Å². The molecule has 0 bridgehead atoms. The van der Waals surface area contributed by atoms with Crippen molar-refractivity contribution in [3.8, 4) is 0 Å². The third-order valence-electron chi connectivity index (χ3n) is 4.28. The van der Waals surface area contributed by atoms with E-state index in [0.717, 1.165) is 6.42 Å².